The lowest BCUT2D eigenvalue weighted by Gasteiger charge is -2.23. The molecule has 1 unspecified atom stereocenters. The molecule has 3 rings (SSSR count). The minimum atomic E-state index is -1.02. The molecule has 0 heterocycles. The van der Waals surface area contributed by atoms with Gasteiger partial charge >= 0.3 is 5.97 Å². The second-order valence-corrected chi connectivity index (χ2v) is 8.57. The third-order valence-corrected chi connectivity index (χ3v) is 5.83. The van der Waals surface area contributed by atoms with E-state index < -0.39 is 12.0 Å². The molecular weight excluding hydrogens is 454 g/mol. The number of amidine groups is 1. The predicted octanol–water partition coefficient (Wildman–Crippen LogP) is 5.32. The summed E-state index contributed by atoms with van der Waals surface area (Å²) in [7, 11) is 0. The lowest BCUT2D eigenvalue weighted by atomic mass is 9.95. The molecule has 0 aliphatic heterocycles. The van der Waals surface area contributed by atoms with Crippen LogP contribution >= 0.6 is 0 Å². The van der Waals surface area contributed by atoms with E-state index >= 15 is 0 Å². The molecule has 36 heavy (non-hydrogen) atoms. The molecule has 190 valence electrons. The predicted molar refractivity (Wildman–Crippen MR) is 143 cm³/mol. The Labute approximate surface area is 212 Å². The molecule has 7 nitrogen and oxygen atoms in total. The van der Waals surface area contributed by atoms with Crippen molar-refractivity contribution in [3.8, 4) is 5.75 Å². The first-order valence-corrected chi connectivity index (χ1v) is 12.3. The number of hydrogen-bond donors (Lipinski definition) is 4. The topological polar surface area (TPSA) is 118 Å². The molecule has 0 aliphatic rings. The first kappa shape index (κ1) is 26.8. The number of ether oxygens (including phenoxy) is 2. The number of aryl methyl sites for hydroxylation is 2. The van der Waals surface area contributed by atoms with Crippen LogP contribution in [0.3, 0.4) is 0 Å². The molecule has 0 spiro atoms. The van der Waals surface area contributed by atoms with Crippen LogP contribution in [0.4, 0.5) is 5.69 Å². The molecule has 0 saturated carbocycles. The van der Waals surface area contributed by atoms with Crippen LogP contribution in [-0.4, -0.2) is 30.1 Å². The van der Waals surface area contributed by atoms with Gasteiger partial charge in [-0.3, -0.25) is 5.41 Å². The number of nitrogens with two attached hydrogens (primary N) is 1. The lowest BCUT2D eigenvalue weighted by Crippen LogP contribution is -2.23. The van der Waals surface area contributed by atoms with Gasteiger partial charge in [0.15, 0.2) is 6.04 Å². The van der Waals surface area contributed by atoms with Crippen molar-refractivity contribution in [3.63, 3.8) is 0 Å². The molecule has 0 bridgehead atoms. The summed E-state index contributed by atoms with van der Waals surface area (Å²) < 4.78 is 12.0. The summed E-state index contributed by atoms with van der Waals surface area (Å²) in [5.41, 5.74) is 10.5. The minimum Gasteiger partial charge on any atom is -0.491 e. The normalized spacial score (nSPS) is 11.6. The highest BCUT2D eigenvalue weighted by Crippen LogP contribution is 2.34. The molecule has 3 aromatic rings. The van der Waals surface area contributed by atoms with Gasteiger partial charge in [-0.2, -0.15) is 0 Å². The van der Waals surface area contributed by atoms with Crippen molar-refractivity contribution in [1.82, 2.24) is 0 Å². The van der Waals surface area contributed by atoms with Crippen LogP contribution in [0.2, 0.25) is 0 Å². The number of carboxylic acids is 1. The largest absolute Gasteiger partial charge is 0.491 e. The van der Waals surface area contributed by atoms with Crippen LogP contribution in [0, 0.1) is 5.41 Å². The van der Waals surface area contributed by atoms with Crippen LogP contribution in [0.25, 0.3) is 0 Å². The molecule has 0 saturated heterocycles. The molecule has 0 fully saturated rings. The van der Waals surface area contributed by atoms with Gasteiger partial charge in [0.05, 0.1) is 13.2 Å². The number of hydrogen-bond acceptors (Lipinski definition) is 5. The van der Waals surface area contributed by atoms with Crippen molar-refractivity contribution in [1.29, 1.82) is 5.41 Å². The second kappa shape index (κ2) is 13.3. The SMILES string of the molecule is CCCc1cc(CC)cc(C(Nc2ccc(C(=N)N)cc2)C(=O)O)c1OCCOCc1ccccc1. The van der Waals surface area contributed by atoms with Gasteiger partial charge in [-0.25, -0.2) is 4.79 Å². The Bertz CT molecular complexity index is 1150. The smallest absolute Gasteiger partial charge is 0.330 e. The summed E-state index contributed by atoms with van der Waals surface area (Å²) in [6, 6.07) is 19.8. The monoisotopic (exact) mass is 489 g/mol. The molecule has 5 N–H and O–H groups in total. The van der Waals surface area contributed by atoms with Crippen LogP contribution in [0.1, 0.15) is 54.1 Å². The fourth-order valence-corrected chi connectivity index (χ4v) is 3.98. The maximum absolute atomic E-state index is 12.4. The average Bonchev–Trinajstić information content (AvgIpc) is 2.88. The van der Waals surface area contributed by atoms with E-state index in [9.17, 15) is 9.90 Å². The number of anilines is 1. The maximum Gasteiger partial charge on any atom is 0.330 e. The third kappa shape index (κ3) is 7.33. The van der Waals surface area contributed by atoms with Crippen molar-refractivity contribution < 1.29 is 19.4 Å². The molecule has 0 aromatic heterocycles. The minimum absolute atomic E-state index is 0.0404. The first-order chi connectivity index (χ1) is 17.4. The highest BCUT2D eigenvalue weighted by Gasteiger charge is 2.26. The van der Waals surface area contributed by atoms with E-state index in [1.807, 2.05) is 36.4 Å². The van der Waals surface area contributed by atoms with Gasteiger partial charge in [0.25, 0.3) is 0 Å². The van der Waals surface area contributed by atoms with E-state index in [1.165, 1.54) is 0 Å². The van der Waals surface area contributed by atoms with E-state index in [-0.39, 0.29) is 5.84 Å². The van der Waals surface area contributed by atoms with Crippen molar-refractivity contribution in [3.05, 3.63) is 94.5 Å². The number of nitrogens with one attached hydrogen (secondary N) is 2. The lowest BCUT2D eigenvalue weighted by molar-refractivity contribution is -0.138. The van der Waals surface area contributed by atoms with E-state index in [4.69, 9.17) is 20.6 Å². The van der Waals surface area contributed by atoms with Gasteiger partial charge in [-0.05, 0) is 59.9 Å². The van der Waals surface area contributed by atoms with Crippen molar-refractivity contribution in [2.45, 2.75) is 45.8 Å². The van der Waals surface area contributed by atoms with Gasteiger partial charge in [-0.15, -0.1) is 0 Å². The van der Waals surface area contributed by atoms with Gasteiger partial charge in [0.1, 0.15) is 18.2 Å². The Morgan fingerprint density at radius 3 is 2.36 bits per heavy atom. The van der Waals surface area contributed by atoms with Crippen molar-refractivity contribution >= 4 is 17.5 Å². The summed E-state index contributed by atoms with van der Waals surface area (Å²) in [4.78, 5) is 12.4. The molecule has 0 amide bonds. The zero-order valence-corrected chi connectivity index (χ0v) is 20.9. The van der Waals surface area contributed by atoms with Crippen LogP contribution < -0.4 is 15.8 Å². The number of rotatable bonds is 14. The fourth-order valence-electron chi connectivity index (χ4n) is 3.98. The number of carboxylic acid groups (broad SMARTS) is 1. The van der Waals surface area contributed by atoms with Gasteiger partial charge in [0, 0.05) is 16.8 Å². The van der Waals surface area contributed by atoms with Crippen LogP contribution in [0.15, 0.2) is 66.7 Å². The molecule has 0 radical (unpaired) electrons. The third-order valence-electron chi connectivity index (χ3n) is 5.83. The van der Waals surface area contributed by atoms with Gasteiger partial charge < -0.3 is 25.6 Å². The number of aliphatic carboxylic acids is 1. The van der Waals surface area contributed by atoms with E-state index in [2.05, 4.69) is 25.2 Å². The number of benzene rings is 3. The molecule has 1 atom stereocenters. The zero-order valence-electron chi connectivity index (χ0n) is 20.9. The number of nitrogen functional groups attached to an aromatic ring is 1. The highest BCUT2D eigenvalue weighted by atomic mass is 16.5. The Morgan fingerprint density at radius 2 is 1.75 bits per heavy atom. The maximum atomic E-state index is 12.4. The first-order valence-electron chi connectivity index (χ1n) is 12.3. The fraction of sp³-hybridized carbons (Fsp3) is 0.310. The Kier molecular flexibility index (Phi) is 9.89. The van der Waals surface area contributed by atoms with Crippen molar-refractivity contribution in [2.24, 2.45) is 5.73 Å². The number of carbonyl (C=O) groups is 1. The summed E-state index contributed by atoms with van der Waals surface area (Å²) in [6.45, 7) is 5.32. The Balaban J connectivity index is 1.84. The van der Waals surface area contributed by atoms with Gasteiger partial charge in [0.2, 0.25) is 0 Å². The summed E-state index contributed by atoms with van der Waals surface area (Å²) in [6.07, 6.45) is 2.47. The molecule has 7 heteroatoms. The van der Waals surface area contributed by atoms with E-state index in [0.717, 1.165) is 36.0 Å². The molecule has 0 aliphatic carbocycles. The standard InChI is InChI=1S/C29H35N3O4/c1-3-8-23-17-20(4-2)18-25(27(23)36-16-15-35-19-21-9-6-5-7-10-21)26(29(33)34)32-24-13-11-22(12-14-24)28(30)31/h5-7,9-14,17-18,26,32H,3-4,8,15-16,19H2,1-2H3,(H3,30,31)(H,33,34). The van der Waals surface area contributed by atoms with Crippen LogP contribution in [0.5, 0.6) is 5.75 Å². The van der Waals surface area contributed by atoms with E-state index in [0.29, 0.717) is 42.4 Å². The Hall–Kier alpha value is -3.84. The molecular formula is C29H35N3O4. The zero-order chi connectivity index (χ0) is 25.9. The second-order valence-electron chi connectivity index (χ2n) is 8.57. The Morgan fingerprint density at radius 1 is 1.03 bits per heavy atom. The average molecular weight is 490 g/mol. The summed E-state index contributed by atoms with van der Waals surface area (Å²) >= 11 is 0. The van der Waals surface area contributed by atoms with Gasteiger partial charge in [-0.1, -0.05) is 56.7 Å². The highest BCUT2D eigenvalue weighted by molar-refractivity contribution is 5.95. The summed E-state index contributed by atoms with van der Waals surface area (Å²) in [5, 5.41) is 20.9. The van der Waals surface area contributed by atoms with E-state index in [1.54, 1.807) is 24.3 Å². The summed E-state index contributed by atoms with van der Waals surface area (Å²) in [5.74, 6) is -0.453. The molecule has 3 aromatic carbocycles. The van der Waals surface area contributed by atoms with Crippen LogP contribution in [-0.2, 0) is 29.0 Å². The quantitative estimate of drug-likeness (QED) is 0.138. The van der Waals surface area contributed by atoms with Crippen molar-refractivity contribution in [2.75, 3.05) is 18.5 Å².